The van der Waals surface area contributed by atoms with E-state index in [1.807, 2.05) is 84.9 Å². The number of hydrogen-bond acceptors (Lipinski definition) is 2. The Morgan fingerprint density at radius 1 is 0.309 bits per heavy atom. The van der Waals surface area contributed by atoms with Crippen LogP contribution in [0, 0.1) is 24.7 Å². The Kier molecular flexibility index (Phi) is 15.9. The van der Waals surface area contributed by atoms with Gasteiger partial charge in [0, 0.05) is 10.8 Å². The molecule has 2 aromatic heterocycles. The summed E-state index contributed by atoms with van der Waals surface area (Å²) in [5.74, 6) is 4.88. The van der Waals surface area contributed by atoms with E-state index in [1.165, 1.54) is 42.6 Å². The Morgan fingerprint density at radius 2 is 0.603 bits per heavy atom. The van der Waals surface area contributed by atoms with Gasteiger partial charge in [-0.25, -0.2) is 0 Å². The molecule has 0 saturated carbocycles. The third-order valence-corrected chi connectivity index (χ3v) is 17.5. The minimum absolute atomic E-state index is 0. The van der Waals surface area contributed by atoms with Crippen LogP contribution in [0.5, 0.6) is 0 Å². The minimum atomic E-state index is -1.23. The fourth-order valence-electron chi connectivity index (χ4n) is 8.79. The molecule has 10 aromatic carbocycles. The van der Waals surface area contributed by atoms with Crippen LogP contribution in [-0.2, 0) is 44.8 Å². The van der Waals surface area contributed by atoms with Crippen LogP contribution in [0.3, 0.4) is 0 Å². The largest absolute Gasteiger partial charge is 1.00 e. The van der Waals surface area contributed by atoms with E-state index in [2.05, 4.69) is 170 Å². The maximum Gasteiger partial charge on any atom is 1.00 e. The molecule has 2 nitrogen and oxygen atoms in total. The van der Waals surface area contributed by atoms with Crippen LogP contribution in [0.15, 0.2) is 251 Å². The summed E-state index contributed by atoms with van der Waals surface area (Å²) < 4.78 is 11.3. The first kappa shape index (κ1) is 48.0. The predicted molar refractivity (Wildman–Crippen MR) is 284 cm³/mol. The molecule has 0 aliphatic rings. The van der Waals surface area contributed by atoms with Crippen LogP contribution >= 0.6 is 15.8 Å². The zero-order chi connectivity index (χ0) is 44.7. The van der Waals surface area contributed by atoms with Crippen LogP contribution in [-0.4, -0.2) is 0 Å². The van der Waals surface area contributed by atoms with E-state index in [0.717, 1.165) is 55.0 Å². The third-order valence-electron chi connectivity index (χ3n) is 11.7. The number of fused-ring (bicyclic) bond motifs is 7. The molecule has 12 rings (SSSR count). The van der Waals surface area contributed by atoms with E-state index in [-0.39, 0.29) is 44.8 Å². The quantitative estimate of drug-likeness (QED) is 0.0718. The molecule has 0 spiro atoms. The van der Waals surface area contributed by atoms with Crippen molar-refractivity contribution in [1.82, 2.24) is 0 Å². The van der Waals surface area contributed by atoms with Crippen molar-refractivity contribution in [1.29, 1.82) is 0 Å². The molecule has 0 fully saturated rings. The zero-order valence-electron chi connectivity index (χ0n) is 36.5. The summed E-state index contributed by atoms with van der Waals surface area (Å²) in [4.78, 5) is 0. The summed E-state index contributed by atoms with van der Waals surface area (Å²) in [5.41, 5.74) is 4.89. The van der Waals surface area contributed by atoms with E-state index in [4.69, 9.17) is 21.7 Å². The molecule has 0 aliphatic heterocycles. The molecular formula is C62H42Au2O2P2+2. The van der Waals surface area contributed by atoms with Crippen molar-refractivity contribution in [3.8, 4) is 11.8 Å². The molecule has 332 valence electrons. The molecule has 0 saturated heterocycles. The molecular weight excluding hydrogens is 1230 g/mol. The van der Waals surface area contributed by atoms with Crippen molar-refractivity contribution in [3.05, 3.63) is 267 Å². The van der Waals surface area contributed by atoms with Gasteiger partial charge in [0.2, 0.25) is 0 Å². The number of rotatable bonds is 6. The van der Waals surface area contributed by atoms with Crippen molar-refractivity contribution >= 4 is 102 Å². The van der Waals surface area contributed by atoms with E-state index in [0.29, 0.717) is 0 Å². The van der Waals surface area contributed by atoms with Gasteiger partial charge in [-0.2, -0.15) is 0 Å². The van der Waals surface area contributed by atoms with Gasteiger partial charge in [-0.05, 0) is 106 Å². The van der Waals surface area contributed by atoms with Crippen molar-refractivity contribution in [2.24, 2.45) is 0 Å². The molecule has 0 atom stereocenters. The van der Waals surface area contributed by atoms with Gasteiger partial charge < -0.3 is 21.7 Å². The van der Waals surface area contributed by atoms with E-state index in [1.54, 1.807) is 0 Å². The summed E-state index contributed by atoms with van der Waals surface area (Å²) in [6.45, 7) is 0. The van der Waals surface area contributed by atoms with Crippen molar-refractivity contribution in [3.63, 3.8) is 0 Å². The first-order chi connectivity index (χ1) is 32.7. The average Bonchev–Trinajstić information content (AvgIpc) is 3.97. The van der Waals surface area contributed by atoms with E-state index >= 15 is 0 Å². The Morgan fingerprint density at radius 3 is 0.941 bits per heavy atom. The molecule has 12 aromatic rings. The van der Waals surface area contributed by atoms with Gasteiger partial charge in [0.1, 0.15) is 70.0 Å². The van der Waals surface area contributed by atoms with Crippen molar-refractivity contribution < 1.29 is 53.6 Å². The molecule has 0 bridgehead atoms. The standard InChI is InChI=1S/C34H26P2.2C14H7O.2Au/c1-5-17-29(18-6-1)35(30-19-7-2-8-20-30)33-25-27-15-13-14-16-28(27)26-34(33)36(31-21-9-3-10-22-31)32-23-11-4-12-24-32;2*1-2-10-6-5-9-13-14(10)11-7-3-4-8-12(11)15-13;;/h1-26H;2*3-9H;;/q;2*-1;2*+1/p+2. The van der Waals surface area contributed by atoms with E-state index < -0.39 is 15.8 Å². The normalized spacial score (nSPS) is 10.6. The second kappa shape index (κ2) is 22.5. The van der Waals surface area contributed by atoms with Gasteiger partial charge in [0.25, 0.3) is 0 Å². The zero-order valence-corrected chi connectivity index (χ0v) is 42.8. The maximum absolute atomic E-state index is 7.25. The van der Waals surface area contributed by atoms with Gasteiger partial charge in [0.15, 0.2) is 0 Å². The molecule has 0 N–H and O–H groups in total. The van der Waals surface area contributed by atoms with Crippen molar-refractivity contribution in [2.75, 3.05) is 0 Å². The van der Waals surface area contributed by atoms with Crippen LogP contribution in [0.4, 0.5) is 0 Å². The Hall–Kier alpha value is -6.48. The van der Waals surface area contributed by atoms with Gasteiger partial charge in [0.05, 0.1) is 0 Å². The van der Waals surface area contributed by atoms with Gasteiger partial charge >= 0.3 is 44.8 Å². The fraction of sp³-hybridized carbons (Fsp3) is 0. The Bertz CT molecular complexity index is 3360. The summed E-state index contributed by atoms with van der Waals surface area (Å²) in [7, 11) is -2.46. The third kappa shape index (κ3) is 10.0. The minimum Gasteiger partial charge on any atom is -0.458 e. The van der Waals surface area contributed by atoms with Gasteiger partial charge in [-0.1, -0.05) is 146 Å². The number of benzene rings is 10. The van der Waals surface area contributed by atoms with Crippen LogP contribution in [0.2, 0.25) is 0 Å². The monoisotopic (exact) mass is 1270 g/mol. The maximum atomic E-state index is 7.25. The first-order valence-corrected chi connectivity index (χ1v) is 24.8. The molecule has 0 amide bonds. The fourth-order valence-corrected chi connectivity index (χ4v) is 14.8. The van der Waals surface area contributed by atoms with Gasteiger partial charge in [-0.3, -0.25) is 11.8 Å². The number of hydrogen-bond donors (Lipinski definition) is 0. The second-order valence-electron chi connectivity index (χ2n) is 15.8. The Balaban J connectivity index is 0.000000160. The number of para-hydroxylation sites is 2. The van der Waals surface area contributed by atoms with Crippen LogP contribution in [0.1, 0.15) is 11.1 Å². The summed E-state index contributed by atoms with van der Waals surface area (Å²) in [6, 6.07) is 85.4. The van der Waals surface area contributed by atoms with E-state index in [9.17, 15) is 0 Å². The summed E-state index contributed by atoms with van der Waals surface area (Å²) >= 11 is 0. The molecule has 6 heteroatoms. The topological polar surface area (TPSA) is 26.3 Å². The first-order valence-electron chi connectivity index (χ1n) is 21.8. The number of furan rings is 2. The molecule has 0 unspecified atom stereocenters. The molecule has 2 heterocycles. The van der Waals surface area contributed by atoms with Crippen LogP contribution < -0.4 is 31.8 Å². The SMILES string of the molecule is [Au+].[Au+].[C-]#Cc1cccc2oc3ccccc3c12.[C-]#Cc1cccc2oc3ccccc3c12.c1ccc([PH+](c2ccccc2)c2cc3ccccc3cc2[PH+](c2ccccc2)c2ccccc2)cc1. The Labute approximate surface area is 431 Å². The summed E-state index contributed by atoms with van der Waals surface area (Å²) in [6.07, 6.45) is 14.5. The van der Waals surface area contributed by atoms with Gasteiger partial charge in [-0.15, -0.1) is 23.3 Å². The second-order valence-corrected chi connectivity index (χ2v) is 20.6. The summed E-state index contributed by atoms with van der Waals surface area (Å²) in [5, 5.41) is 15.4. The van der Waals surface area contributed by atoms with Crippen LogP contribution in [0.25, 0.3) is 54.6 Å². The molecule has 0 aliphatic carbocycles. The molecule has 68 heavy (non-hydrogen) atoms. The average molecular weight is 1270 g/mol. The molecule has 0 radical (unpaired) electrons. The van der Waals surface area contributed by atoms with Crippen molar-refractivity contribution in [2.45, 2.75) is 0 Å². The predicted octanol–water partition coefficient (Wildman–Crippen LogP) is 12.9. The smallest absolute Gasteiger partial charge is 0.458 e.